The number of piperidine rings is 1. The smallest absolute Gasteiger partial charge is 0.217 e. The van der Waals surface area contributed by atoms with Crippen LogP contribution in [0.1, 0.15) is 42.7 Å². The second kappa shape index (κ2) is 14.2. The number of carbonyl (C=O) groups excluding carboxylic acids is 1. The number of hydrogen-bond acceptors (Lipinski definition) is 7. The summed E-state index contributed by atoms with van der Waals surface area (Å²) in [5.41, 5.74) is 10.4. The van der Waals surface area contributed by atoms with E-state index in [1.165, 1.54) is 0 Å². The Kier molecular flexibility index (Phi) is 10.0. The van der Waals surface area contributed by atoms with Gasteiger partial charge in [-0.05, 0) is 55.5 Å². The van der Waals surface area contributed by atoms with Gasteiger partial charge in [0.1, 0.15) is 6.33 Å². The van der Waals surface area contributed by atoms with Crippen LogP contribution in [0, 0.1) is 5.92 Å². The van der Waals surface area contributed by atoms with Crippen molar-refractivity contribution in [1.82, 2.24) is 14.9 Å². The van der Waals surface area contributed by atoms with E-state index < -0.39 is 0 Å². The van der Waals surface area contributed by atoms with E-state index in [1.54, 1.807) is 20.5 Å². The molecule has 1 aromatic heterocycles. The minimum atomic E-state index is -0.291. The van der Waals surface area contributed by atoms with Gasteiger partial charge in [0.2, 0.25) is 5.91 Å². The molecule has 5 rings (SSSR count). The highest BCUT2D eigenvalue weighted by Crippen LogP contribution is 2.37. The van der Waals surface area contributed by atoms with E-state index in [2.05, 4.69) is 51.3 Å². The maximum atomic E-state index is 11.6. The van der Waals surface area contributed by atoms with Crippen LogP contribution in [0.2, 0.25) is 0 Å². The molecular formula is C34H40N4O4. The summed E-state index contributed by atoms with van der Waals surface area (Å²) in [6.07, 6.45) is 4.79. The van der Waals surface area contributed by atoms with Crippen LogP contribution in [-0.4, -0.2) is 67.8 Å². The summed E-state index contributed by atoms with van der Waals surface area (Å²) < 4.78 is 17.3. The minimum absolute atomic E-state index is 0.0762. The lowest BCUT2D eigenvalue weighted by molar-refractivity contribution is -0.118. The molecule has 3 aromatic carbocycles. The van der Waals surface area contributed by atoms with E-state index in [1.807, 2.05) is 30.3 Å². The Morgan fingerprint density at radius 1 is 0.976 bits per heavy atom. The van der Waals surface area contributed by atoms with Gasteiger partial charge in [0.15, 0.2) is 11.5 Å². The van der Waals surface area contributed by atoms with Crippen molar-refractivity contribution in [3.8, 4) is 22.8 Å². The largest absolute Gasteiger partial charge is 0.493 e. The van der Waals surface area contributed by atoms with Crippen molar-refractivity contribution >= 4 is 16.8 Å². The molecule has 42 heavy (non-hydrogen) atoms. The van der Waals surface area contributed by atoms with Gasteiger partial charge in [-0.2, -0.15) is 0 Å². The monoisotopic (exact) mass is 568 g/mol. The number of aromatic nitrogens is 2. The van der Waals surface area contributed by atoms with Gasteiger partial charge in [-0.25, -0.2) is 9.97 Å². The van der Waals surface area contributed by atoms with Crippen molar-refractivity contribution < 1.29 is 19.0 Å². The summed E-state index contributed by atoms with van der Waals surface area (Å²) in [7, 11) is 3.41. The summed E-state index contributed by atoms with van der Waals surface area (Å²) in [4.78, 5) is 23.2. The number of primary amides is 1. The van der Waals surface area contributed by atoms with Crippen molar-refractivity contribution in [3.63, 3.8) is 0 Å². The fraction of sp³-hybridized carbons (Fsp3) is 0.382. The Labute approximate surface area is 247 Å². The normalized spacial score (nSPS) is 15.0. The second-order valence-electron chi connectivity index (χ2n) is 10.9. The highest BCUT2D eigenvalue weighted by molar-refractivity contribution is 5.94. The standard InChI is InChI=1S/C34H40N4O4/c1-40-19-18-38-16-14-24(15-17-38)22-42-32-21-30-29(20-31(32)41-2)34(37-23-36-30)27-10-8-26(9-11-27)28(12-13-33(35)39)25-6-4-3-5-7-25/h3-11,20-21,23-24,28H,12-19,22H2,1-2H3,(H2,35,39). The molecule has 1 aliphatic rings. The second-order valence-corrected chi connectivity index (χ2v) is 10.9. The third-order valence-electron chi connectivity index (χ3n) is 8.18. The van der Waals surface area contributed by atoms with Crippen LogP contribution in [0.5, 0.6) is 11.5 Å². The van der Waals surface area contributed by atoms with Crippen LogP contribution in [0.3, 0.4) is 0 Å². The van der Waals surface area contributed by atoms with E-state index in [-0.39, 0.29) is 11.8 Å². The first-order chi connectivity index (χ1) is 20.6. The van der Waals surface area contributed by atoms with Crippen LogP contribution in [0.25, 0.3) is 22.2 Å². The zero-order valence-corrected chi connectivity index (χ0v) is 24.5. The summed E-state index contributed by atoms with van der Waals surface area (Å²) in [5.74, 6) is 1.66. The zero-order chi connectivity index (χ0) is 29.3. The summed E-state index contributed by atoms with van der Waals surface area (Å²) >= 11 is 0. The first-order valence-electron chi connectivity index (χ1n) is 14.7. The lowest BCUT2D eigenvalue weighted by Gasteiger charge is -2.31. The third kappa shape index (κ3) is 7.24. The average Bonchev–Trinajstić information content (AvgIpc) is 3.03. The molecule has 8 heteroatoms. The van der Waals surface area contributed by atoms with Crippen LogP contribution < -0.4 is 15.2 Å². The Balaban J connectivity index is 1.34. The van der Waals surface area contributed by atoms with Gasteiger partial charge in [0.25, 0.3) is 0 Å². The Morgan fingerprint density at radius 3 is 2.40 bits per heavy atom. The van der Waals surface area contributed by atoms with Crippen molar-refractivity contribution in [1.29, 1.82) is 0 Å². The molecule has 0 aliphatic carbocycles. The number of nitrogens with zero attached hydrogens (tertiary/aromatic N) is 3. The molecular weight excluding hydrogens is 528 g/mol. The van der Waals surface area contributed by atoms with Crippen molar-refractivity contribution in [3.05, 3.63) is 84.2 Å². The average molecular weight is 569 g/mol. The van der Waals surface area contributed by atoms with Crippen LogP contribution in [0.15, 0.2) is 73.1 Å². The zero-order valence-electron chi connectivity index (χ0n) is 24.5. The molecule has 0 radical (unpaired) electrons. The van der Waals surface area contributed by atoms with Crippen molar-refractivity contribution in [2.75, 3.05) is 47.1 Å². The highest BCUT2D eigenvalue weighted by atomic mass is 16.5. The van der Waals surface area contributed by atoms with E-state index in [0.29, 0.717) is 36.9 Å². The Bertz CT molecular complexity index is 1450. The number of fused-ring (bicyclic) bond motifs is 1. The van der Waals surface area contributed by atoms with Gasteiger partial charge in [-0.15, -0.1) is 0 Å². The molecule has 2 heterocycles. The molecule has 0 saturated carbocycles. The Hall–Kier alpha value is -4.01. The van der Waals surface area contributed by atoms with E-state index in [4.69, 9.17) is 19.9 Å². The molecule has 1 aliphatic heterocycles. The quantitative estimate of drug-likeness (QED) is 0.229. The molecule has 0 spiro atoms. The summed E-state index contributed by atoms with van der Waals surface area (Å²) in [6, 6.07) is 22.5. The molecule has 1 unspecified atom stereocenters. The molecule has 4 aromatic rings. The topological polar surface area (TPSA) is 99.8 Å². The summed E-state index contributed by atoms with van der Waals surface area (Å²) in [6.45, 7) is 4.54. The Morgan fingerprint density at radius 2 is 1.71 bits per heavy atom. The van der Waals surface area contributed by atoms with E-state index >= 15 is 0 Å². The molecule has 220 valence electrons. The van der Waals surface area contributed by atoms with Crippen molar-refractivity contribution in [2.24, 2.45) is 11.7 Å². The fourth-order valence-electron chi connectivity index (χ4n) is 5.74. The lowest BCUT2D eigenvalue weighted by atomic mass is 9.87. The molecule has 0 bridgehead atoms. The van der Waals surface area contributed by atoms with Crippen molar-refractivity contribution in [2.45, 2.75) is 31.6 Å². The van der Waals surface area contributed by atoms with Gasteiger partial charge >= 0.3 is 0 Å². The van der Waals surface area contributed by atoms with E-state index in [9.17, 15) is 4.79 Å². The number of nitrogens with two attached hydrogens (primary N) is 1. The van der Waals surface area contributed by atoms with Gasteiger partial charge in [-0.1, -0.05) is 54.6 Å². The molecule has 1 fully saturated rings. The van der Waals surface area contributed by atoms with Crippen LogP contribution in [0.4, 0.5) is 0 Å². The number of benzene rings is 3. The first kappa shape index (κ1) is 29.5. The SMILES string of the molecule is COCCN1CCC(COc2cc3ncnc(-c4ccc(C(CCC(N)=O)c5ccccc5)cc4)c3cc2OC)CC1. The number of likely N-dealkylation sites (tertiary alicyclic amines) is 1. The molecule has 1 amide bonds. The predicted molar refractivity (Wildman–Crippen MR) is 165 cm³/mol. The van der Waals surface area contributed by atoms with Gasteiger partial charge in [0, 0.05) is 43.0 Å². The lowest BCUT2D eigenvalue weighted by Crippen LogP contribution is -2.37. The van der Waals surface area contributed by atoms with E-state index in [0.717, 1.165) is 72.4 Å². The van der Waals surface area contributed by atoms with Crippen LogP contribution in [-0.2, 0) is 9.53 Å². The fourth-order valence-corrected chi connectivity index (χ4v) is 5.74. The molecule has 1 saturated heterocycles. The third-order valence-corrected chi connectivity index (χ3v) is 8.18. The summed E-state index contributed by atoms with van der Waals surface area (Å²) in [5, 5.41) is 0.897. The highest BCUT2D eigenvalue weighted by Gasteiger charge is 2.21. The number of rotatable bonds is 13. The van der Waals surface area contributed by atoms with Gasteiger partial charge in [-0.3, -0.25) is 4.79 Å². The van der Waals surface area contributed by atoms with Gasteiger partial charge < -0.3 is 24.8 Å². The number of amides is 1. The first-order valence-corrected chi connectivity index (χ1v) is 14.7. The predicted octanol–water partition coefficient (Wildman–Crippen LogP) is 5.44. The van der Waals surface area contributed by atoms with Crippen LogP contribution >= 0.6 is 0 Å². The number of hydrogen-bond donors (Lipinski definition) is 1. The number of carbonyl (C=O) groups is 1. The minimum Gasteiger partial charge on any atom is -0.493 e. The van der Waals surface area contributed by atoms with Gasteiger partial charge in [0.05, 0.1) is 31.5 Å². The number of methoxy groups -OCH3 is 2. The number of ether oxygens (including phenoxy) is 3. The molecule has 2 N–H and O–H groups in total. The maximum absolute atomic E-state index is 11.6. The maximum Gasteiger partial charge on any atom is 0.217 e. The molecule has 1 atom stereocenters. The molecule has 8 nitrogen and oxygen atoms in total.